The van der Waals surface area contributed by atoms with Gasteiger partial charge in [-0.25, -0.2) is 4.79 Å². The summed E-state index contributed by atoms with van der Waals surface area (Å²) in [5.41, 5.74) is -0.784. The molecule has 7 heteroatoms. The van der Waals surface area contributed by atoms with Crippen LogP contribution in [0.1, 0.15) is 48.7 Å². The smallest absolute Gasteiger partial charge is 0.416 e. The zero-order valence-electron chi connectivity index (χ0n) is 14.3. The van der Waals surface area contributed by atoms with Gasteiger partial charge in [0.2, 0.25) is 0 Å². The number of aldehydes is 1. The average Bonchev–Trinajstić information content (AvgIpc) is 2.52. The van der Waals surface area contributed by atoms with Crippen molar-refractivity contribution in [3.63, 3.8) is 0 Å². The minimum atomic E-state index is -4.51. The van der Waals surface area contributed by atoms with Gasteiger partial charge in [0.05, 0.1) is 5.56 Å². The molecule has 1 amide bonds. The summed E-state index contributed by atoms with van der Waals surface area (Å²) >= 11 is 0. The van der Waals surface area contributed by atoms with Crippen LogP contribution < -0.4 is 0 Å². The van der Waals surface area contributed by atoms with E-state index in [9.17, 15) is 22.8 Å². The number of alkyl halides is 3. The van der Waals surface area contributed by atoms with Gasteiger partial charge in [0.1, 0.15) is 11.9 Å². The molecule has 0 fully saturated rings. The molecule has 0 N–H and O–H groups in total. The summed E-state index contributed by atoms with van der Waals surface area (Å²) in [6.45, 7) is 5.65. The Morgan fingerprint density at radius 3 is 2.40 bits per heavy atom. The first-order valence-corrected chi connectivity index (χ1v) is 7.85. The Morgan fingerprint density at radius 1 is 1.24 bits per heavy atom. The predicted molar refractivity (Wildman–Crippen MR) is 87.2 cm³/mol. The molecule has 25 heavy (non-hydrogen) atoms. The standard InChI is InChI=1S/C18H20F3NO3/c1-17(2,3)25-16(24)22-8-6-13(7-9-22)14-10-12(11-23)4-5-15(14)18(19,20)21/h4-6,10-11H,7-9H2,1-3H3. The van der Waals surface area contributed by atoms with Crippen LogP contribution in [0.2, 0.25) is 0 Å². The third-order valence-electron chi connectivity index (χ3n) is 3.69. The largest absolute Gasteiger partial charge is 0.444 e. The number of hydrogen-bond donors (Lipinski definition) is 0. The van der Waals surface area contributed by atoms with Crippen LogP contribution in [0.25, 0.3) is 5.57 Å². The maximum absolute atomic E-state index is 13.2. The molecule has 0 spiro atoms. The summed E-state index contributed by atoms with van der Waals surface area (Å²) < 4.78 is 45.0. The van der Waals surface area contributed by atoms with E-state index >= 15 is 0 Å². The van der Waals surface area contributed by atoms with E-state index in [2.05, 4.69) is 0 Å². The second kappa shape index (κ2) is 6.90. The maximum Gasteiger partial charge on any atom is 0.416 e. The first kappa shape index (κ1) is 19.0. The minimum Gasteiger partial charge on any atom is -0.444 e. The first-order valence-electron chi connectivity index (χ1n) is 7.85. The Morgan fingerprint density at radius 2 is 1.92 bits per heavy atom. The molecule has 0 saturated heterocycles. The van der Waals surface area contributed by atoms with Gasteiger partial charge in [0, 0.05) is 18.7 Å². The molecule has 0 radical (unpaired) electrons. The highest BCUT2D eigenvalue weighted by atomic mass is 19.4. The Kier molecular flexibility index (Phi) is 5.25. The molecule has 1 aliphatic rings. The summed E-state index contributed by atoms with van der Waals surface area (Å²) in [4.78, 5) is 24.4. The molecule has 2 rings (SSSR count). The van der Waals surface area contributed by atoms with Crippen LogP contribution in [0.3, 0.4) is 0 Å². The summed E-state index contributed by atoms with van der Waals surface area (Å²) in [5, 5.41) is 0. The summed E-state index contributed by atoms with van der Waals surface area (Å²) in [7, 11) is 0. The van der Waals surface area contributed by atoms with Crippen molar-refractivity contribution in [3.05, 3.63) is 41.0 Å². The van der Waals surface area contributed by atoms with Crippen molar-refractivity contribution in [2.24, 2.45) is 0 Å². The molecule has 0 aliphatic carbocycles. The lowest BCUT2D eigenvalue weighted by atomic mass is 9.93. The molecular formula is C18H20F3NO3. The van der Waals surface area contributed by atoms with Crippen LogP contribution in [-0.4, -0.2) is 36.0 Å². The van der Waals surface area contributed by atoms with E-state index in [1.165, 1.54) is 11.0 Å². The van der Waals surface area contributed by atoms with Crippen molar-refractivity contribution in [2.45, 2.75) is 39.0 Å². The van der Waals surface area contributed by atoms with Gasteiger partial charge in [0.15, 0.2) is 0 Å². The fourth-order valence-electron chi connectivity index (χ4n) is 2.55. The Labute approximate surface area is 144 Å². The minimum absolute atomic E-state index is 0.0130. The quantitative estimate of drug-likeness (QED) is 0.732. The summed E-state index contributed by atoms with van der Waals surface area (Å²) in [6, 6.07) is 3.31. The number of benzene rings is 1. The van der Waals surface area contributed by atoms with Gasteiger partial charge in [-0.1, -0.05) is 12.1 Å². The Hall–Kier alpha value is -2.31. The van der Waals surface area contributed by atoms with Gasteiger partial charge >= 0.3 is 12.3 Å². The first-order chi connectivity index (χ1) is 11.5. The Balaban J connectivity index is 2.26. The highest BCUT2D eigenvalue weighted by Crippen LogP contribution is 2.37. The highest BCUT2D eigenvalue weighted by molar-refractivity contribution is 5.80. The molecule has 1 aromatic carbocycles. The van der Waals surface area contributed by atoms with Crippen molar-refractivity contribution in [2.75, 3.05) is 13.1 Å². The number of carbonyl (C=O) groups excluding carboxylic acids is 2. The molecule has 136 valence electrons. The number of carbonyl (C=O) groups is 2. The zero-order chi connectivity index (χ0) is 18.8. The molecular weight excluding hydrogens is 335 g/mol. The Bertz CT molecular complexity index is 702. The van der Waals surface area contributed by atoms with Crippen molar-refractivity contribution in [3.8, 4) is 0 Å². The van der Waals surface area contributed by atoms with E-state index in [4.69, 9.17) is 4.74 Å². The van der Waals surface area contributed by atoms with E-state index in [-0.39, 0.29) is 30.6 Å². The number of rotatable bonds is 2. The summed E-state index contributed by atoms with van der Waals surface area (Å²) in [5.74, 6) is 0. The molecule has 4 nitrogen and oxygen atoms in total. The topological polar surface area (TPSA) is 46.6 Å². The van der Waals surface area contributed by atoms with Crippen LogP contribution in [0.15, 0.2) is 24.3 Å². The van der Waals surface area contributed by atoms with Crippen LogP contribution in [0, 0.1) is 0 Å². The molecule has 1 aromatic rings. The van der Waals surface area contributed by atoms with E-state index in [1.807, 2.05) is 0 Å². The zero-order valence-corrected chi connectivity index (χ0v) is 14.3. The van der Waals surface area contributed by atoms with Gasteiger partial charge in [-0.15, -0.1) is 0 Å². The molecule has 0 atom stereocenters. The number of amides is 1. The average molecular weight is 355 g/mol. The summed E-state index contributed by atoms with van der Waals surface area (Å²) in [6.07, 6.45) is -2.67. The predicted octanol–water partition coefficient (Wildman–Crippen LogP) is 4.54. The van der Waals surface area contributed by atoms with E-state index < -0.39 is 23.4 Å². The van der Waals surface area contributed by atoms with Crippen molar-refractivity contribution in [1.82, 2.24) is 4.90 Å². The monoisotopic (exact) mass is 355 g/mol. The fraction of sp³-hybridized carbons (Fsp3) is 0.444. The molecule has 0 unspecified atom stereocenters. The maximum atomic E-state index is 13.2. The number of ether oxygens (including phenoxy) is 1. The molecule has 1 heterocycles. The van der Waals surface area contributed by atoms with E-state index in [1.54, 1.807) is 26.8 Å². The third kappa shape index (κ3) is 4.84. The second-order valence-electron chi connectivity index (χ2n) is 6.83. The van der Waals surface area contributed by atoms with Crippen molar-refractivity contribution < 1.29 is 27.5 Å². The van der Waals surface area contributed by atoms with Crippen LogP contribution in [-0.2, 0) is 10.9 Å². The normalized spacial score (nSPS) is 15.6. The van der Waals surface area contributed by atoms with Gasteiger partial charge in [0.25, 0.3) is 0 Å². The third-order valence-corrected chi connectivity index (χ3v) is 3.69. The van der Waals surface area contributed by atoms with Gasteiger partial charge in [-0.2, -0.15) is 13.2 Å². The van der Waals surface area contributed by atoms with Crippen LogP contribution in [0.5, 0.6) is 0 Å². The highest BCUT2D eigenvalue weighted by Gasteiger charge is 2.35. The number of nitrogens with zero attached hydrogens (tertiary/aromatic N) is 1. The van der Waals surface area contributed by atoms with E-state index in [0.717, 1.165) is 12.1 Å². The molecule has 0 saturated carbocycles. The van der Waals surface area contributed by atoms with Gasteiger partial charge in [-0.3, -0.25) is 4.79 Å². The number of hydrogen-bond acceptors (Lipinski definition) is 3. The van der Waals surface area contributed by atoms with Crippen molar-refractivity contribution in [1.29, 1.82) is 0 Å². The van der Waals surface area contributed by atoms with Crippen molar-refractivity contribution >= 4 is 18.0 Å². The molecule has 0 aromatic heterocycles. The lowest BCUT2D eigenvalue weighted by molar-refractivity contribution is -0.137. The van der Waals surface area contributed by atoms with Gasteiger partial charge < -0.3 is 9.64 Å². The van der Waals surface area contributed by atoms with E-state index in [0.29, 0.717) is 11.9 Å². The lowest BCUT2D eigenvalue weighted by Crippen LogP contribution is -2.39. The molecule has 1 aliphatic heterocycles. The number of halogens is 3. The second-order valence-corrected chi connectivity index (χ2v) is 6.83. The van der Waals surface area contributed by atoms with Crippen LogP contribution in [0.4, 0.5) is 18.0 Å². The van der Waals surface area contributed by atoms with Gasteiger partial charge in [-0.05, 0) is 50.5 Å². The fourth-order valence-corrected chi connectivity index (χ4v) is 2.55. The SMILES string of the molecule is CC(C)(C)OC(=O)N1CC=C(c2cc(C=O)ccc2C(F)(F)F)CC1. The van der Waals surface area contributed by atoms with Crippen LogP contribution >= 0.6 is 0 Å². The molecule has 0 bridgehead atoms. The lowest BCUT2D eigenvalue weighted by Gasteiger charge is -2.30.